The fourth-order valence-corrected chi connectivity index (χ4v) is 5.36. The number of aromatic nitrogens is 2. The van der Waals surface area contributed by atoms with Crippen LogP contribution in [0.2, 0.25) is 0 Å². The lowest BCUT2D eigenvalue weighted by atomic mass is 10.1. The molecule has 1 saturated heterocycles. The molecule has 1 amide bonds. The van der Waals surface area contributed by atoms with Crippen molar-refractivity contribution in [1.82, 2.24) is 19.2 Å². The Labute approximate surface area is 248 Å². The van der Waals surface area contributed by atoms with Crippen molar-refractivity contribution < 1.29 is 27.3 Å². The molecule has 1 fully saturated rings. The fraction of sp³-hybridized carbons (Fsp3) is 0.188. The lowest BCUT2D eigenvalue weighted by Crippen LogP contribution is -2.48. The Kier molecular flexibility index (Phi) is 7.60. The molecule has 5 aromatic rings. The van der Waals surface area contributed by atoms with Crippen molar-refractivity contribution in [2.45, 2.75) is 12.7 Å². The molecule has 12 heteroatoms. The zero-order valence-corrected chi connectivity index (χ0v) is 23.2. The van der Waals surface area contributed by atoms with Gasteiger partial charge in [-0.05, 0) is 71.8 Å². The van der Waals surface area contributed by atoms with Crippen LogP contribution < -0.4 is 0 Å². The Morgan fingerprint density at radius 1 is 0.864 bits per heavy atom. The van der Waals surface area contributed by atoms with Crippen LogP contribution in [0.25, 0.3) is 28.0 Å². The van der Waals surface area contributed by atoms with E-state index in [9.17, 15) is 32.5 Å². The third kappa shape index (κ3) is 5.88. The maximum atomic E-state index is 13.7. The van der Waals surface area contributed by atoms with E-state index >= 15 is 0 Å². The molecule has 6 rings (SSSR count). The van der Waals surface area contributed by atoms with Crippen molar-refractivity contribution in [1.29, 1.82) is 0 Å². The zero-order chi connectivity index (χ0) is 31.0. The minimum absolute atomic E-state index is 0.0239. The van der Waals surface area contributed by atoms with Crippen molar-refractivity contribution in [3.8, 4) is 22.4 Å². The highest BCUT2D eigenvalue weighted by Gasteiger charge is 2.31. The van der Waals surface area contributed by atoms with Crippen LogP contribution in [-0.4, -0.2) is 56.2 Å². The predicted octanol–water partition coefficient (Wildman–Crippen LogP) is 6.69. The summed E-state index contributed by atoms with van der Waals surface area (Å²) in [5.74, 6) is -0.706. The number of carbonyl (C=O) groups excluding carboxylic acids is 1. The van der Waals surface area contributed by atoms with Gasteiger partial charge in [-0.1, -0.05) is 12.1 Å². The van der Waals surface area contributed by atoms with Gasteiger partial charge in [0.1, 0.15) is 11.5 Å². The number of hydrogen-bond donors (Lipinski definition) is 0. The topological polar surface area (TPSA) is 84.0 Å². The maximum Gasteiger partial charge on any atom is 0.416 e. The van der Waals surface area contributed by atoms with E-state index in [0.717, 1.165) is 29.0 Å². The van der Waals surface area contributed by atoms with Gasteiger partial charge >= 0.3 is 6.18 Å². The van der Waals surface area contributed by atoms with Crippen LogP contribution in [0, 0.1) is 15.9 Å². The summed E-state index contributed by atoms with van der Waals surface area (Å²) in [6.07, 6.45) is -2.61. The molecule has 0 bridgehead atoms. The largest absolute Gasteiger partial charge is 0.416 e. The summed E-state index contributed by atoms with van der Waals surface area (Å²) in [5, 5.41) is 11.3. The van der Waals surface area contributed by atoms with Crippen LogP contribution in [0.3, 0.4) is 0 Å². The SMILES string of the molecule is O=C(c1ccc(C(F)(F)F)cc1)N1CCN(Cc2c(-c3ccc(F)cc3)nc3ccc(-c4cccc([N+](=O)[O-])c4)cn23)CC1. The minimum atomic E-state index is -4.47. The molecule has 224 valence electrons. The van der Waals surface area contributed by atoms with E-state index in [1.165, 1.54) is 36.4 Å². The maximum absolute atomic E-state index is 13.7. The van der Waals surface area contributed by atoms with Gasteiger partial charge in [0.05, 0.1) is 21.9 Å². The normalized spacial score (nSPS) is 14.2. The first-order valence-electron chi connectivity index (χ1n) is 13.8. The molecular formula is C32H25F4N5O3. The third-order valence-corrected chi connectivity index (χ3v) is 7.72. The van der Waals surface area contributed by atoms with E-state index in [2.05, 4.69) is 4.90 Å². The number of fused-ring (bicyclic) bond motifs is 1. The molecule has 0 radical (unpaired) electrons. The molecule has 0 N–H and O–H groups in total. The van der Waals surface area contributed by atoms with Crippen LogP contribution in [0.1, 0.15) is 21.6 Å². The van der Waals surface area contributed by atoms with Crippen LogP contribution >= 0.6 is 0 Å². The van der Waals surface area contributed by atoms with Gasteiger partial charge in [-0.3, -0.25) is 19.8 Å². The zero-order valence-electron chi connectivity index (χ0n) is 23.2. The Balaban J connectivity index is 1.27. The van der Waals surface area contributed by atoms with Gasteiger partial charge in [-0.25, -0.2) is 9.37 Å². The second kappa shape index (κ2) is 11.5. The molecule has 1 aliphatic heterocycles. The number of carbonyl (C=O) groups is 1. The summed E-state index contributed by atoms with van der Waals surface area (Å²) >= 11 is 0. The van der Waals surface area contributed by atoms with Gasteiger partial charge in [0.25, 0.3) is 11.6 Å². The number of piperazine rings is 1. The van der Waals surface area contributed by atoms with E-state index in [1.54, 1.807) is 29.2 Å². The lowest BCUT2D eigenvalue weighted by Gasteiger charge is -2.34. The second-order valence-electron chi connectivity index (χ2n) is 10.5. The summed E-state index contributed by atoms with van der Waals surface area (Å²) in [7, 11) is 0. The van der Waals surface area contributed by atoms with E-state index in [1.807, 2.05) is 22.7 Å². The van der Waals surface area contributed by atoms with Crippen LogP contribution in [0.5, 0.6) is 0 Å². The third-order valence-electron chi connectivity index (χ3n) is 7.72. The van der Waals surface area contributed by atoms with Crippen molar-refractivity contribution >= 4 is 17.2 Å². The summed E-state index contributed by atoms with van der Waals surface area (Å²) in [6, 6.07) is 20.3. The molecule has 1 aliphatic rings. The first kappa shape index (κ1) is 29.0. The Morgan fingerprint density at radius 3 is 2.20 bits per heavy atom. The van der Waals surface area contributed by atoms with Gasteiger partial charge in [0.2, 0.25) is 0 Å². The summed E-state index contributed by atoms with van der Waals surface area (Å²) in [6.45, 7) is 2.21. The Hall–Kier alpha value is -5.10. The summed E-state index contributed by atoms with van der Waals surface area (Å²) < 4.78 is 54.5. The standard InChI is InChI=1S/C32H25F4N5O3/c33-26-11-6-21(7-12-26)30-28(40-19-24(8-13-29(40)37-30)23-2-1-3-27(18-23)41(43)44)20-38-14-16-39(17-15-38)31(42)22-4-9-25(10-5-22)32(34,35)36/h1-13,18-19H,14-17,20H2. The summed E-state index contributed by atoms with van der Waals surface area (Å²) in [4.78, 5) is 32.5. The average Bonchev–Trinajstić information content (AvgIpc) is 3.38. The number of halogens is 4. The van der Waals surface area contributed by atoms with Crippen molar-refractivity contribution in [2.75, 3.05) is 26.2 Å². The Morgan fingerprint density at radius 2 is 1.55 bits per heavy atom. The van der Waals surface area contributed by atoms with E-state index in [-0.39, 0.29) is 23.0 Å². The van der Waals surface area contributed by atoms with Gasteiger partial charge in [0, 0.05) is 62.2 Å². The van der Waals surface area contributed by atoms with E-state index in [4.69, 9.17) is 4.98 Å². The van der Waals surface area contributed by atoms with Gasteiger partial charge < -0.3 is 9.30 Å². The lowest BCUT2D eigenvalue weighted by molar-refractivity contribution is -0.384. The first-order chi connectivity index (χ1) is 21.1. The number of non-ortho nitro benzene ring substituents is 1. The van der Waals surface area contributed by atoms with Crippen molar-refractivity contribution in [2.24, 2.45) is 0 Å². The summed E-state index contributed by atoms with van der Waals surface area (Å²) in [5.41, 5.74) is 3.62. The molecule has 0 spiro atoms. The number of pyridine rings is 1. The highest BCUT2D eigenvalue weighted by atomic mass is 19.4. The van der Waals surface area contributed by atoms with Gasteiger partial charge in [-0.15, -0.1) is 0 Å². The number of imidazole rings is 1. The second-order valence-corrected chi connectivity index (χ2v) is 10.5. The fourth-order valence-electron chi connectivity index (χ4n) is 5.36. The number of hydrogen-bond acceptors (Lipinski definition) is 5. The Bertz CT molecular complexity index is 1850. The molecule has 0 unspecified atom stereocenters. The predicted molar refractivity (Wildman–Crippen MR) is 155 cm³/mol. The molecule has 0 aliphatic carbocycles. The molecule has 0 atom stereocenters. The number of nitro groups is 1. The van der Waals surface area contributed by atoms with E-state index < -0.39 is 16.7 Å². The molecule has 2 aromatic heterocycles. The number of amides is 1. The molecule has 3 aromatic carbocycles. The highest BCUT2D eigenvalue weighted by Crippen LogP contribution is 2.31. The minimum Gasteiger partial charge on any atom is -0.336 e. The molecular weight excluding hydrogens is 578 g/mol. The van der Waals surface area contributed by atoms with E-state index in [0.29, 0.717) is 49.6 Å². The van der Waals surface area contributed by atoms with Crippen molar-refractivity contribution in [3.63, 3.8) is 0 Å². The number of rotatable bonds is 6. The monoisotopic (exact) mass is 603 g/mol. The number of nitro benzene ring substituents is 1. The molecule has 0 saturated carbocycles. The van der Waals surface area contributed by atoms with Gasteiger partial charge in [0.15, 0.2) is 0 Å². The quantitative estimate of drug-likeness (QED) is 0.123. The smallest absolute Gasteiger partial charge is 0.336 e. The van der Waals surface area contributed by atoms with Crippen LogP contribution in [-0.2, 0) is 12.7 Å². The van der Waals surface area contributed by atoms with Crippen molar-refractivity contribution in [3.05, 3.63) is 124 Å². The van der Waals surface area contributed by atoms with Gasteiger partial charge in [-0.2, -0.15) is 13.2 Å². The van der Waals surface area contributed by atoms with Crippen LogP contribution in [0.15, 0.2) is 91.1 Å². The van der Waals surface area contributed by atoms with Crippen LogP contribution in [0.4, 0.5) is 23.2 Å². The molecule has 3 heterocycles. The average molecular weight is 604 g/mol. The number of benzene rings is 3. The molecule has 8 nitrogen and oxygen atoms in total. The molecule has 44 heavy (non-hydrogen) atoms. The number of alkyl halides is 3. The first-order valence-corrected chi connectivity index (χ1v) is 13.8. The highest BCUT2D eigenvalue weighted by molar-refractivity contribution is 5.94. The number of nitrogens with zero attached hydrogens (tertiary/aromatic N) is 5.